The van der Waals surface area contributed by atoms with Gasteiger partial charge in [0.15, 0.2) is 11.5 Å². The van der Waals surface area contributed by atoms with Gasteiger partial charge in [0.2, 0.25) is 5.95 Å². The van der Waals surface area contributed by atoms with Gasteiger partial charge in [-0.2, -0.15) is 4.98 Å². The van der Waals surface area contributed by atoms with E-state index < -0.39 is 0 Å². The first kappa shape index (κ1) is 29.0. The van der Waals surface area contributed by atoms with Gasteiger partial charge >= 0.3 is 0 Å². The number of allylic oxidation sites excluding steroid dienone is 1. The molecule has 1 N–H and O–H groups in total. The maximum absolute atomic E-state index is 13.5. The molecular formula is C33H40N10O2. The number of piperidine rings is 1. The third kappa shape index (κ3) is 5.22. The van der Waals surface area contributed by atoms with Crippen molar-refractivity contribution in [2.45, 2.75) is 64.2 Å². The molecule has 1 aliphatic heterocycles. The summed E-state index contributed by atoms with van der Waals surface area (Å²) in [6.07, 6.45) is 10.0. The summed E-state index contributed by atoms with van der Waals surface area (Å²) in [6.45, 7) is 9.84. The van der Waals surface area contributed by atoms with Crippen molar-refractivity contribution in [1.82, 2.24) is 38.6 Å². The number of anilines is 3. The van der Waals surface area contributed by atoms with E-state index in [0.29, 0.717) is 34.9 Å². The number of nitrogens with zero attached hydrogens (tertiary/aromatic N) is 9. The predicted octanol–water partition coefficient (Wildman–Crippen LogP) is 4.47. The summed E-state index contributed by atoms with van der Waals surface area (Å²) < 4.78 is 6.95. The molecule has 0 unspecified atom stereocenters. The van der Waals surface area contributed by atoms with Gasteiger partial charge in [0, 0.05) is 60.4 Å². The van der Waals surface area contributed by atoms with E-state index in [1.165, 1.54) is 44.9 Å². The molecule has 5 heterocycles. The molecule has 4 aromatic heterocycles. The van der Waals surface area contributed by atoms with Crippen LogP contribution in [0.5, 0.6) is 0 Å². The molecule has 12 heteroatoms. The lowest BCUT2D eigenvalue weighted by atomic mass is 10.0. The second-order valence-corrected chi connectivity index (χ2v) is 12.7. The third-order valence-electron chi connectivity index (χ3n) is 9.04. The van der Waals surface area contributed by atoms with Crippen molar-refractivity contribution in [3.05, 3.63) is 76.1 Å². The zero-order valence-electron chi connectivity index (χ0n) is 26.3. The third-order valence-corrected chi connectivity index (χ3v) is 9.04. The maximum Gasteiger partial charge on any atom is 0.278 e. The highest BCUT2D eigenvalue weighted by molar-refractivity contribution is 5.96. The minimum atomic E-state index is -0.257. The van der Waals surface area contributed by atoms with Crippen LogP contribution in [0.3, 0.4) is 0 Å². The van der Waals surface area contributed by atoms with Crippen molar-refractivity contribution in [3.63, 3.8) is 0 Å². The smallest absolute Gasteiger partial charge is 0.278 e. The van der Waals surface area contributed by atoms with Crippen molar-refractivity contribution in [2.24, 2.45) is 0 Å². The van der Waals surface area contributed by atoms with Crippen LogP contribution < -0.4 is 21.3 Å². The zero-order valence-corrected chi connectivity index (χ0v) is 26.3. The molecule has 5 aromatic rings. The fraction of sp³-hybridized carbons (Fsp3) is 0.424. The molecule has 1 aromatic carbocycles. The monoisotopic (exact) mass is 608 g/mol. The Kier molecular flexibility index (Phi) is 7.31. The Labute approximate surface area is 261 Å². The van der Waals surface area contributed by atoms with Crippen LogP contribution in [0.25, 0.3) is 27.8 Å². The minimum absolute atomic E-state index is 0.155. The Balaban J connectivity index is 1.31. The van der Waals surface area contributed by atoms with E-state index in [1.54, 1.807) is 23.0 Å². The van der Waals surface area contributed by atoms with Gasteiger partial charge < -0.3 is 19.7 Å². The van der Waals surface area contributed by atoms with E-state index in [4.69, 9.17) is 4.98 Å². The van der Waals surface area contributed by atoms with Crippen molar-refractivity contribution in [1.29, 1.82) is 0 Å². The van der Waals surface area contributed by atoms with Gasteiger partial charge in [0.1, 0.15) is 5.39 Å². The van der Waals surface area contributed by atoms with E-state index in [9.17, 15) is 9.59 Å². The van der Waals surface area contributed by atoms with Crippen LogP contribution in [0.15, 0.2) is 65.0 Å². The molecule has 0 atom stereocenters. The fourth-order valence-electron chi connectivity index (χ4n) is 6.51. The molecule has 1 saturated heterocycles. The topological polar surface area (TPSA) is 111 Å². The molecule has 0 radical (unpaired) electrons. The SMILES string of the molecule is C=CCn1c(=O)c2cnc(Nc3cc(N4CCC(N(C)C)CC4)c4ccn(C5CC5)c4c3)nc2n1-c1ccc(=O)n(C(C)C)n1. The van der Waals surface area contributed by atoms with Crippen LogP contribution in [-0.4, -0.2) is 71.8 Å². The van der Waals surface area contributed by atoms with Crippen LogP contribution in [-0.2, 0) is 6.54 Å². The summed E-state index contributed by atoms with van der Waals surface area (Å²) in [4.78, 5) is 40.2. The average Bonchev–Trinajstić information content (AvgIpc) is 3.73. The normalized spacial score (nSPS) is 16.0. The number of rotatable bonds is 9. The second kappa shape index (κ2) is 11.3. The van der Waals surface area contributed by atoms with E-state index in [-0.39, 0.29) is 23.7 Å². The average molecular weight is 609 g/mol. The molecular weight excluding hydrogens is 568 g/mol. The number of nitrogens with one attached hydrogen (secondary N) is 1. The Morgan fingerprint density at radius 1 is 1.07 bits per heavy atom. The van der Waals surface area contributed by atoms with E-state index in [0.717, 1.165) is 31.6 Å². The largest absolute Gasteiger partial charge is 0.371 e. The molecule has 12 nitrogen and oxygen atoms in total. The molecule has 2 fully saturated rings. The quantitative estimate of drug-likeness (QED) is 0.244. The Bertz CT molecular complexity index is 2020. The zero-order chi connectivity index (χ0) is 31.4. The van der Waals surface area contributed by atoms with Crippen LogP contribution in [0.4, 0.5) is 17.3 Å². The Hall–Kier alpha value is -4.71. The first-order chi connectivity index (χ1) is 21.7. The highest BCUT2D eigenvalue weighted by atomic mass is 16.1. The lowest BCUT2D eigenvalue weighted by Crippen LogP contribution is -2.42. The number of aromatic nitrogens is 7. The number of fused-ring (bicyclic) bond motifs is 2. The van der Waals surface area contributed by atoms with Crippen molar-refractivity contribution in [2.75, 3.05) is 37.4 Å². The molecule has 45 heavy (non-hydrogen) atoms. The van der Waals surface area contributed by atoms with Crippen LogP contribution in [0, 0.1) is 0 Å². The molecule has 0 amide bonds. The Morgan fingerprint density at radius 2 is 1.84 bits per heavy atom. The summed E-state index contributed by atoms with van der Waals surface area (Å²) in [5.74, 6) is 0.777. The van der Waals surface area contributed by atoms with E-state index >= 15 is 0 Å². The van der Waals surface area contributed by atoms with Crippen molar-refractivity contribution < 1.29 is 0 Å². The van der Waals surface area contributed by atoms with Crippen molar-refractivity contribution in [3.8, 4) is 5.82 Å². The number of hydrogen-bond donors (Lipinski definition) is 1. The minimum Gasteiger partial charge on any atom is -0.371 e. The summed E-state index contributed by atoms with van der Waals surface area (Å²) >= 11 is 0. The molecule has 0 spiro atoms. The van der Waals surface area contributed by atoms with Gasteiger partial charge in [-0.15, -0.1) is 11.7 Å². The van der Waals surface area contributed by atoms with Crippen LogP contribution in [0.2, 0.25) is 0 Å². The molecule has 1 aliphatic carbocycles. The van der Waals surface area contributed by atoms with Gasteiger partial charge in [-0.25, -0.2) is 19.0 Å². The second-order valence-electron chi connectivity index (χ2n) is 12.7. The highest BCUT2D eigenvalue weighted by Crippen LogP contribution is 2.41. The Morgan fingerprint density at radius 3 is 2.53 bits per heavy atom. The molecule has 2 aliphatic rings. The standard InChI is InChI=1S/C33H40N10O2/c1-6-14-41-32(45)26-20-34-33(36-31(26)43(41)29-9-10-30(44)42(37-29)21(2)3)35-22-18-27(39-15-11-23(12-16-39)38(4)5)25-13-17-40(24-7-8-24)28(25)19-22/h6,9-10,13,17-21,23-24H,1,7-8,11-12,14-16H2,2-5H3,(H,34,35,36). The first-order valence-corrected chi connectivity index (χ1v) is 15.8. The number of hydrogen-bond acceptors (Lipinski definition) is 8. The summed E-state index contributed by atoms with van der Waals surface area (Å²) in [5.41, 5.74) is 3.22. The van der Waals surface area contributed by atoms with Gasteiger partial charge in [-0.05, 0) is 77.9 Å². The lowest BCUT2D eigenvalue weighted by Gasteiger charge is -2.37. The first-order valence-electron chi connectivity index (χ1n) is 15.8. The predicted molar refractivity (Wildman–Crippen MR) is 178 cm³/mol. The van der Waals surface area contributed by atoms with Gasteiger partial charge in [0.05, 0.1) is 18.1 Å². The van der Waals surface area contributed by atoms with Gasteiger partial charge in [-0.1, -0.05) is 6.08 Å². The molecule has 234 valence electrons. The van der Waals surface area contributed by atoms with Gasteiger partial charge in [0.25, 0.3) is 11.1 Å². The van der Waals surface area contributed by atoms with E-state index in [1.807, 2.05) is 13.8 Å². The highest BCUT2D eigenvalue weighted by Gasteiger charge is 2.27. The summed E-state index contributed by atoms with van der Waals surface area (Å²) in [5, 5.41) is 9.65. The van der Waals surface area contributed by atoms with Gasteiger partial charge in [-0.3, -0.25) is 9.59 Å². The van der Waals surface area contributed by atoms with Crippen LogP contribution in [0.1, 0.15) is 51.6 Å². The molecule has 7 rings (SSSR count). The van der Waals surface area contributed by atoms with Crippen LogP contribution >= 0.6 is 0 Å². The van der Waals surface area contributed by atoms with Crippen molar-refractivity contribution >= 4 is 39.3 Å². The molecule has 0 bridgehead atoms. The maximum atomic E-state index is 13.5. The molecule has 1 saturated carbocycles. The summed E-state index contributed by atoms with van der Waals surface area (Å²) in [7, 11) is 4.33. The number of benzene rings is 1. The fourth-order valence-corrected chi connectivity index (χ4v) is 6.51. The van der Waals surface area contributed by atoms with E-state index in [2.05, 4.69) is 74.8 Å². The lowest BCUT2D eigenvalue weighted by molar-refractivity contribution is 0.250. The summed E-state index contributed by atoms with van der Waals surface area (Å²) in [6, 6.07) is 10.7.